The minimum Gasteiger partial charge on any atom is -0.466 e. The van der Waals surface area contributed by atoms with Gasteiger partial charge in [-0.2, -0.15) is 0 Å². The molecule has 28 heavy (non-hydrogen) atoms. The zero-order valence-electron chi connectivity index (χ0n) is 17.6. The fraction of sp³-hybridized carbons (Fsp3) is 0.667. The Morgan fingerprint density at radius 1 is 1.43 bits per heavy atom. The van der Waals surface area contributed by atoms with Crippen LogP contribution in [0, 0.1) is 11.8 Å². The molecule has 1 aliphatic heterocycles. The number of aliphatic imine (C=N–C) groups is 1. The molecule has 2 heterocycles. The number of halogens is 1. The highest BCUT2D eigenvalue weighted by atomic mass is 127. The number of ether oxygens (including phenoxy) is 1. The molecule has 1 aliphatic rings. The molecule has 0 aromatic carbocycles. The van der Waals surface area contributed by atoms with E-state index in [9.17, 15) is 4.79 Å². The lowest BCUT2D eigenvalue weighted by Gasteiger charge is -2.34. The number of likely N-dealkylation sites (tertiary alicyclic amines) is 1. The van der Waals surface area contributed by atoms with Gasteiger partial charge in [0.25, 0.3) is 0 Å². The molecule has 1 N–H and O–H groups in total. The molecule has 6 nitrogen and oxygen atoms in total. The maximum absolute atomic E-state index is 12.1. The molecule has 2 rings (SSSR count). The Hall–Kier alpha value is -1.38. The number of carbonyl (C=O) groups is 1. The fourth-order valence-corrected chi connectivity index (χ4v) is 3.53. The molecule has 0 radical (unpaired) electrons. The lowest BCUT2D eigenvalue weighted by atomic mass is 9.89. The minimum absolute atomic E-state index is 0. The van der Waals surface area contributed by atoms with E-state index >= 15 is 0 Å². The first kappa shape index (κ1) is 24.7. The van der Waals surface area contributed by atoms with Crippen molar-refractivity contribution in [3.05, 3.63) is 30.1 Å². The van der Waals surface area contributed by atoms with E-state index in [0.717, 1.165) is 31.9 Å². The standard InChI is InChI=1S/C21H34N4O2.HI/c1-5-23-21(25-12-8-10-18(15-25)20(26)27-6-2)24-14-19(16(3)4)17-9-7-11-22-13-17;/h7,9,11,13,16,18-19H,5-6,8,10,12,14-15H2,1-4H3,(H,23,24);1H/t18-,19?;/m1./s1. The van der Waals surface area contributed by atoms with Crippen LogP contribution in [-0.2, 0) is 9.53 Å². The highest BCUT2D eigenvalue weighted by molar-refractivity contribution is 14.0. The van der Waals surface area contributed by atoms with Gasteiger partial charge >= 0.3 is 5.97 Å². The summed E-state index contributed by atoms with van der Waals surface area (Å²) >= 11 is 0. The second kappa shape index (κ2) is 13.0. The number of nitrogens with zero attached hydrogens (tertiary/aromatic N) is 3. The van der Waals surface area contributed by atoms with E-state index in [1.165, 1.54) is 5.56 Å². The van der Waals surface area contributed by atoms with Crippen LogP contribution < -0.4 is 5.32 Å². The SMILES string of the molecule is CCNC(=NCC(c1cccnc1)C(C)C)N1CCC[C@@H](C(=O)OCC)C1.I. The molecule has 1 aromatic rings. The van der Waals surface area contributed by atoms with Crippen LogP contribution >= 0.6 is 24.0 Å². The zero-order chi connectivity index (χ0) is 19.6. The molecule has 2 atom stereocenters. The second-order valence-corrected chi connectivity index (χ2v) is 7.37. The summed E-state index contributed by atoms with van der Waals surface area (Å²) in [5.74, 6) is 1.52. The van der Waals surface area contributed by atoms with Crippen LogP contribution in [0.4, 0.5) is 0 Å². The lowest BCUT2D eigenvalue weighted by molar-refractivity contribution is -0.149. The highest BCUT2D eigenvalue weighted by Crippen LogP contribution is 2.24. The third-order valence-corrected chi connectivity index (χ3v) is 5.03. The van der Waals surface area contributed by atoms with Crippen molar-refractivity contribution in [2.45, 2.75) is 46.5 Å². The molecule has 1 aromatic heterocycles. The number of piperidine rings is 1. The van der Waals surface area contributed by atoms with Crippen LogP contribution in [-0.4, -0.2) is 54.6 Å². The Bertz CT molecular complexity index is 610. The van der Waals surface area contributed by atoms with Gasteiger partial charge in [0, 0.05) is 44.5 Å². The first-order valence-corrected chi connectivity index (χ1v) is 10.2. The van der Waals surface area contributed by atoms with Gasteiger partial charge in [-0.1, -0.05) is 19.9 Å². The molecule has 158 valence electrons. The Balaban J connectivity index is 0.00000392. The first-order valence-electron chi connectivity index (χ1n) is 10.2. The Kier molecular flexibility index (Phi) is 11.4. The van der Waals surface area contributed by atoms with Crippen LogP contribution in [0.5, 0.6) is 0 Å². The molecule has 0 spiro atoms. The van der Waals surface area contributed by atoms with Gasteiger partial charge < -0.3 is 15.0 Å². The summed E-state index contributed by atoms with van der Waals surface area (Å²) in [5.41, 5.74) is 1.22. The molecule has 1 fully saturated rings. The van der Waals surface area contributed by atoms with Gasteiger partial charge in [-0.25, -0.2) is 0 Å². The van der Waals surface area contributed by atoms with Gasteiger partial charge in [-0.05, 0) is 44.2 Å². The summed E-state index contributed by atoms with van der Waals surface area (Å²) in [4.78, 5) is 23.5. The number of hydrogen-bond donors (Lipinski definition) is 1. The predicted molar refractivity (Wildman–Crippen MR) is 124 cm³/mol. The first-order chi connectivity index (χ1) is 13.1. The van der Waals surface area contributed by atoms with Crippen LogP contribution in [0.15, 0.2) is 29.5 Å². The normalized spacial score (nSPS) is 18.4. The zero-order valence-corrected chi connectivity index (χ0v) is 19.9. The van der Waals surface area contributed by atoms with E-state index < -0.39 is 0 Å². The number of guanidine groups is 1. The Labute approximate surface area is 186 Å². The van der Waals surface area contributed by atoms with E-state index in [1.807, 2.05) is 19.2 Å². The highest BCUT2D eigenvalue weighted by Gasteiger charge is 2.28. The van der Waals surface area contributed by atoms with E-state index in [2.05, 4.69) is 42.0 Å². The van der Waals surface area contributed by atoms with Gasteiger partial charge in [-0.15, -0.1) is 24.0 Å². The third kappa shape index (κ3) is 7.22. The van der Waals surface area contributed by atoms with Crippen LogP contribution in [0.3, 0.4) is 0 Å². The number of hydrogen-bond acceptors (Lipinski definition) is 4. The molecule has 0 aliphatic carbocycles. The van der Waals surface area contributed by atoms with Crippen molar-refractivity contribution in [3.63, 3.8) is 0 Å². The summed E-state index contributed by atoms with van der Waals surface area (Å²) in [6, 6.07) is 4.10. The second-order valence-electron chi connectivity index (χ2n) is 7.37. The van der Waals surface area contributed by atoms with E-state index in [0.29, 0.717) is 31.5 Å². The lowest BCUT2D eigenvalue weighted by Crippen LogP contribution is -2.48. The minimum atomic E-state index is -0.0894. The van der Waals surface area contributed by atoms with E-state index in [4.69, 9.17) is 9.73 Å². The van der Waals surface area contributed by atoms with Crippen molar-refractivity contribution < 1.29 is 9.53 Å². The number of carbonyl (C=O) groups excluding carboxylic acids is 1. The topological polar surface area (TPSA) is 66.8 Å². The fourth-order valence-electron chi connectivity index (χ4n) is 3.53. The van der Waals surface area contributed by atoms with E-state index in [-0.39, 0.29) is 35.9 Å². The quantitative estimate of drug-likeness (QED) is 0.267. The number of nitrogens with one attached hydrogen (secondary N) is 1. The monoisotopic (exact) mass is 502 g/mol. The van der Waals surface area contributed by atoms with Crippen LogP contribution in [0.2, 0.25) is 0 Å². The third-order valence-electron chi connectivity index (χ3n) is 5.03. The van der Waals surface area contributed by atoms with E-state index in [1.54, 1.807) is 6.20 Å². The molecule has 1 saturated heterocycles. The average Bonchev–Trinajstić information content (AvgIpc) is 2.68. The molecule has 1 unspecified atom stereocenters. The molecule has 0 saturated carbocycles. The average molecular weight is 502 g/mol. The summed E-state index contributed by atoms with van der Waals surface area (Å²) in [7, 11) is 0. The summed E-state index contributed by atoms with van der Waals surface area (Å²) in [5, 5.41) is 3.40. The van der Waals surface area contributed by atoms with Gasteiger partial charge in [0.05, 0.1) is 12.5 Å². The maximum atomic E-state index is 12.1. The van der Waals surface area contributed by atoms with Gasteiger partial charge in [0.1, 0.15) is 0 Å². The summed E-state index contributed by atoms with van der Waals surface area (Å²) in [6.45, 7) is 11.9. The summed E-state index contributed by atoms with van der Waals surface area (Å²) in [6.07, 6.45) is 5.60. The number of esters is 1. The van der Waals surface area contributed by atoms with Crippen molar-refractivity contribution in [3.8, 4) is 0 Å². The number of pyridine rings is 1. The van der Waals surface area contributed by atoms with Crippen molar-refractivity contribution in [2.75, 3.05) is 32.8 Å². The predicted octanol–water partition coefficient (Wildman–Crippen LogP) is 3.68. The summed E-state index contributed by atoms with van der Waals surface area (Å²) < 4.78 is 5.22. The van der Waals surface area contributed by atoms with Crippen molar-refractivity contribution in [1.29, 1.82) is 0 Å². The molecule has 7 heteroatoms. The molecule has 0 bridgehead atoms. The largest absolute Gasteiger partial charge is 0.466 e. The Morgan fingerprint density at radius 2 is 2.21 bits per heavy atom. The molecular formula is C21H35IN4O2. The van der Waals surface area contributed by atoms with Gasteiger partial charge in [-0.3, -0.25) is 14.8 Å². The van der Waals surface area contributed by atoms with Crippen LogP contribution in [0.25, 0.3) is 0 Å². The molecular weight excluding hydrogens is 467 g/mol. The number of rotatable bonds is 7. The molecule has 0 amide bonds. The number of aromatic nitrogens is 1. The van der Waals surface area contributed by atoms with Crippen LogP contribution in [0.1, 0.15) is 52.0 Å². The van der Waals surface area contributed by atoms with Gasteiger partial charge in [0.15, 0.2) is 5.96 Å². The smallest absolute Gasteiger partial charge is 0.310 e. The van der Waals surface area contributed by atoms with Crippen molar-refractivity contribution >= 4 is 35.9 Å². The Morgan fingerprint density at radius 3 is 2.82 bits per heavy atom. The van der Waals surface area contributed by atoms with Crippen molar-refractivity contribution in [1.82, 2.24) is 15.2 Å². The maximum Gasteiger partial charge on any atom is 0.310 e. The van der Waals surface area contributed by atoms with Gasteiger partial charge in [0.2, 0.25) is 0 Å². The van der Waals surface area contributed by atoms with Crippen molar-refractivity contribution in [2.24, 2.45) is 16.8 Å².